The van der Waals surface area contributed by atoms with Gasteiger partial charge in [-0.3, -0.25) is 4.79 Å². The fourth-order valence-corrected chi connectivity index (χ4v) is 0.428. The average Bonchev–Trinajstić information content (AvgIpc) is 1.87. The van der Waals surface area contributed by atoms with Gasteiger partial charge in [0.2, 0.25) is 0 Å². The zero-order chi connectivity index (χ0) is 8.69. The van der Waals surface area contributed by atoms with Gasteiger partial charge in [0, 0.05) is 6.92 Å². The van der Waals surface area contributed by atoms with Gasteiger partial charge in [-0.05, 0) is 12.1 Å². The maximum Gasteiger partial charge on any atom is 0.300 e. The number of phenols is 1. The Morgan fingerprint density at radius 1 is 1.25 bits per heavy atom. The molecule has 0 bridgehead atoms. The highest BCUT2D eigenvalue weighted by Crippen LogP contribution is 2.02. The fourth-order valence-electron chi connectivity index (χ4n) is 0.428. The summed E-state index contributed by atoms with van der Waals surface area (Å²) in [5, 5.41) is 16.0. The van der Waals surface area contributed by atoms with Crippen LogP contribution in [0.25, 0.3) is 0 Å². The Morgan fingerprint density at radius 3 is 1.75 bits per heavy atom. The van der Waals surface area contributed by atoms with Crippen molar-refractivity contribution in [2.24, 2.45) is 0 Å². The van der Waals surface area contributed by atoms with E-state index in [0.29, 0.717) is 5.75 Å². The third kappa shape index (κ3) is 11.3. The maximum absolute atomic E-state index is 9.00. The monoisotopic (exact) mass is 171 g/mol. The number of phenolic OH excluding ortho intramolecular Hbond substituents is 1. The van der Waals surface area contributed by atoms with Crippen LogP contribution in [0.3, 0.4) is 0 Å². The van der Waals surface area contributed by atoms with E-state index in [2.05, 4.69) is 0 Å². The van der Waals surface area contributed by atoms with Gasteiger partial charge < -0.3 is 16.4 Å². The lowest BCUT2D eigenvalue weighted by atomic mass is 10.3. The quantitative estimate of drug-likeness (QED) is 0.553. The van der Waals surface area contributed by atoms with Crippen LogP contribution in [0.5, 0.6) is 5.75 Å². The first kappa shape index (κ1) is 13.1. The van der Waals surface area contributed by atoms with Crippen LogP contribution in [0.2, 0.25) is 0 Å². The van der Waals surface area contributed by atoms with Crippen LogP contribution in [0.1, 0.15) is 6.92 Å². The molecule has 1 aromatic carbocycles. The third-order valence-corrected chi connectivity index (χ3v) is 0.756. The molecule has 0 saturated heterocycles. The molecule has 0 aliphatic rings. The van der Waals surface area contributed by atoms with Gasteiger partial charge in [-0.2, -0.15) is 0 Å². The second kappa shape index (κ2) is 7.56. The summed E-state index contributed by atoms with van der Waals surface area (Å²) in [7, 11) is 0. The second-order valence-corrected chi connectivity index (χ2v) is 1.85. The molecule has 0 amide bonds. The predicted octanol–water partition coefficient (Wildman–Crippen LogP) is 1.65. The fraction of sp³-hybridized carbons (Fsp3) is 0.125. The van der Waals surface area contributed by atoms with Gasteiger partial charge in [0.05, 0.1) is 0 Å². The summed E-state index contributed by atoms with van der Waals surface area (Å²) >= 11 is 0. The lowest BCUT2D eigenvalue weighted by Gasteiger charge is -1.82. The summed E-state index contributed by atoms with van der Waals surface area (Å²) in [5.74, 6) is -0.512. The summed E-state index contributed by atoms with van der Waals surface area (Å²) in [4.78, 5) is 9.00. The zero-order valence-corrected chi connectivity index (χ0v) is 6.90. The van der Waals surface area contributed by atoms with Crippen molar-refractivity contribution in [1.82, 2.24) is 6.15 Å². The Kier molecular flexibility index (Phi) is 8.23. The van der Waals surface area contributed by atoms with Crippen molar-refractivity contribution < 1.29 is 15.0 Å². The molecule has 0 aliphatic heterocycles. The van der Waals surface area contributed by atoms with E-state index in [-0.39, 0.29) is 6.15 Å². The van der Waals surface area contributed by atoms with Gasteiger partial charge in [-0.1, -0.05) is 18.2 Å². The van der Waals surface area contributed by atoms with Gasteiger partial charge in [-0.15, -0.1) is 0 Å². The van der Waals surface area contributed by atoms with E-state index in [1.165, 1.54) is 0 Å². The number of aliphatic carboxylic acids is 1. The molecule has 1 aromatic rings. The minimum atomic E-state index is -0.833. The molecule has 0 saturated carbocycles. The molecule has 0 atom stereocenters. The normalized spacial score (nSPS) is 7.08. The lowest BCUT2D eigenvalue weighted by molar-refractivity contribution is -0.134. The number of carbonyl (C=O) groups is 1. The van der Waals surface area contributed by atoms with Gasteiger partial charge in [0.25, 0.3) is 5.97 Å². The highest BCUT2D eigenvalue weighted by Gasteiger charge is 1.74. The molecule has 12 heavy (non-hydrogen) atoms. The maximum atomic E-state index is 9.00. The number of hydrogen-bond donors (Lipinski definition) is 3. The van der Waals surface area contributed by atoms with Gasteiger partial charge in [0.15, 0.2) is 0 Å². The topological polar surface area (TPSA) is 92.5 Å². The molecule has 4 heteroatoms. The van der Waals surface area contributed by atoms with Crippen molar-refractivity contribution in [2.75, 3.05) is 0 Å². The number of carboxylic acids is 1. The van der Waals surface area contributed by atoms with E-state index in [1.54, 1.807) is 24.3 Å². The second-order valence-electron chi connectivity index (χ2n) is 1.85. The minimum absolute atomic E-state index is 0. The Balaban J connectivity index is 0. The minimum Gasteiger partial charge on any atom is -0.508 e. The SMILES string of the molecule is CC(=O)O.N.Oc1ccccc1. The molecule has 4 nitrogen and oxygen atoms in total. The van der Waals surface area contributed by atoms with E-state index in [0.717, 1.165) is 6.92 Å². The molecule has 0 heterocycles. The largest absolute Gasteiger partial charge is 0.508 e. The summed E-state index contributed by atoms with van der Waals surface area (Å²) in [5.41, 5.74) is 0. The highest BCUT2D eigenvalue weighted by atomic mass is 16.4. The van der Waals surface area contributed by atoms with Crippen molar-refractivity contribution >= 4 is 5.97 Å². The first-order valence-corrected chi connectivity index (χ1v) is 3.06. The molecule has 0 aliphatic carbocycles. The van der Waals surface area contributed by atoms with Crippen LogP contribution in [0, 0.1) is 0 Å². The summed E-state index contributed by atoms with van der Waals surface area (Å²) in [6.45, 7) is 1.08. The number of aromatic hydroxyl groups is 1. The highest BCUT2D eigenvalue weighted by molar-refractivity contribution is 5.62. The Bertz CT molecular complexity index is 207. The summed E-state index contributed by atoms with van der Waals surface area (Å²) < 4.78 is 0. The molecule has 5 N–H and O–H groups in total. The smallest absolute Gasteiger partial charge is 0.300 e. The molecule has 68 valence electrons. The number of para-hydroxylation sites is 1. The van der Waals surface area contributed by atoms with E-state index in [1.807, 2.05) is 6.07 Å². The van der Waals surface area contributed by atoms with Crippen molar-refractivity contribution in [1.29, 1.82) is 0 Å². The predicted molar refractivity (Wildman–Crippen MR) is 46.4 cm³/mol. The summed E-state index contributed by atoms with van der Waals surface area (Å²) in [6.07, 6.45) is 0. The summed E-state index contributed by atoms with van der Waals surface area (Å²) in [6, 6.07) is 8.71. The molecule has 0 radical (unpaired) electrons. The Morgan fingerprint density at radius 2 is 1.58 bits per heavy atom. The lowest BCUT2D eigenvalue weighted by Crippen LogP contribution is -1.78. The van der Waals surface area contributed by atoms with Gasteiger partial charge in [-0.25, -0.2) is 0 Å². The van der Waals surface area contributed by atoms with Crippen LogP contribution >= 0.6 is 0 Å². The number of rotatable bonds is 0. The van der Waals surface area contributed by atoms with Crippen LogP contribution in [-0.2, 0) is 4.79 Å². The van der Waals surface area contributed by atoms with Crippen molar-refractivity contribution in [2.45, 2.75) is 6.92 Å². The van der Waals surface area contributed by atoms with Gasteiger partial charge >= 0.3 is 0 Å². The molecule has 0 aromatic heterocycles. The number of benzene rings is 1. The average molecular weight is 171 g/mol. The standard InChI is InChI=1S/C6H6O.C2H4O2.H3N/c7-6-4-2-1-3-5-6;1-2(3)4;/h1-5,7H;1H3,(H,3,4);1H3. The van der Waals surface area contributed by atoms with E-state index in [9.17, 15) is 0 Å². The van der Waals surface area contributed by atoms with Crippen molar-refractivity contribution in [3.63, 3.8) is 0 Å². The zero-order valence-electron chi connectivity index (χ0n) is 6.90. The van der Waals surface area contributed by atoms with Crippen molar-refractivity contribution in [3.05, 3.63) is 30.3 Å². The molecule has 0 spiro atoms. The third-order valence-electron chi connectivity index (χ3n) is 0.756. The first-order chi connectivity index (χ1) is 5.13. The Hall–Kier alpha value is -1.55. The van der Waals surface area contributed by atoms with Crippen molar-refractivity contribution in [3.8, 4) is 5.75 Å². The first-order valence-electron chi connectivity index (χ1n) is 3.06. The van der Waals surface area contributed by atoms with Gasteiger partial charge in [0.1, 0.15) is 5.75 Å². The number of carboxylic acid groups (broad SMARTS) is 1. The van der Waals surface area contributed by atoms with E-state index in [4.69, 9.17) is 15.0 Å². The van der Waals surface area contributed by atoms with Crippen LogP contribution < -0.4 is 6.15 Å². The molecule has 0 fully saturated rings. The molecular weight excluding hydrogens is 158 g/mol. The van der Waals surface area contributed by atoms with Crippen LogP contribution in [-0.4, -0.2) is 16.2 Å². The molecule has 1 rings (SSSR count). The van der Waals surface area contributed by atoms with Crippen LogP contribution in [0.15, 0.2) is 30.3 Å². The molecule has 0 unspecified atom stereocenters. The number of hydrogen-bond acceptors (Lipinski definition) is 3. The van der Waals surface area contributed by atoms with E-state index < -0.39 is 5.97 Å². The van der Waals surface area contributed by atoms with E-state index >= 15 is 0 Å². The molecular formula is C8H13NO3. The Labute approximate surface area is 71.1 Å². The van der Waals surface area contributed by atoms with Crippen LogP contribution in [0.4, 0.5) is 0 Å².